The summed E-state index contributed by atoms with van der Waals surface area (Å²) in [6.45, 7) is 6.15. The van der Waals surface area contributed by atoms with Gasteiger partial charge in [-0.25, -0.2) is 4.57 Å². The number of aromatic amines is 1. The molecule has 5 rings (SSSR count). The van der Waals surface area contributed by atoms with Crippen molar-refractivity contribution < 1.29 is 10.2 Å². The van der Waals surface area contributed by atoms with E-state index in [0.717, 1.165) is 60.4 Å². The molecule has 0 bridgehead atoms. The number of aromatic nitrogens is 4. The van der Waals surface area contributed by atoms with Crippen LogP contribution >= 0.6 is 0 Å². The van der Waals surface area contributed by atoms with Gasteiger partial charge in [0.15, 0.2) is 5.82 Å². The maximum Gasteiger partial charge on any atom is 0.319 e. The van der Waals surface area contributed by atoms with E-state index in [1.807, 2.05) is 36.5 Å². The zero-order valence-electron chi connectivity index (χ0n) is 17.7. The second-order valence-electron chi connectivity index (χ2n) is 8.05. The van der Waals surface area contributed by atoms with Gasteiger partial charge in [-0.05, 0) is 49.4 Å². The number of hydrogen-bond donors (Lipinski definition) is 3. The molecule has 0 radical (unpaired) electrons. The van der Waals surface area contributed by atoms with E-state index in [-0.39, 0.29) is 11.8 Å². The van der Waals surface area contributed by atoms with Crippen LogP contribution in [0.3, 0.4) is 0 Å². The molecule has 2 aromatic carbocycles. The number of benzene rings is 2. The Hall–Kier alpha value is -3.52. The summed E-state index contributed by atoms with van der Waals surface area (Å²) >= 11 is 0. The van der Waals surface area contributed by atoms with E-state index in [1.54, 1.807) is 10.6 Å². The molecular weight excluding hydrogens is 392 g/mol. The summed E-state index contributed by atoms with van der Waals surface area (Å²) in [4.78, 5) is 7.87. The molecule has 1 saturated heterocycles. The van der Waals surface area contributed by atoms with E-state index >= 15 is 0 Å². The maximum atomic E-state index is 10.7. The van der Waals surface area contributed by atoms with E-state index in [2.05, 4.69) is 39.0 Å². The Labute approximate surface area is 180 Å². The van der Waals surface area contributed by atoms with Crippen LogP contribution in [0.2, 0.25) is 0 Å². The fourth-order valence-electron chi connectivity index (χ4n) is 4.25. The molecule has 1 fully saturated rings. The second kappa shape index (κ2) is 7.63. The van der Waals surface area contributed by atoms with Crippen LogP contribution in [0.4, 0.5) is 5.69 Å². The highest BCUT2D eigenvalue weighted by molar-refractivity contribution is 5.90. The predicted molar refractivity (Wildman–Crippen MR) is 121 cm³/mol. The van der Waals surface area contributed by atoms with Gasteiger partial charge in [0.1, 0.15) is 5.75 Å². The first kappa shape index (κ1) is 19.4. The third kappa shape index (κ3) is 3.38. The van der Waals surface area contributed by atoms with Gasteiger partial charge >= 0.3 is 6.01 Å². The van der Waals surface area contributed by atoms with Gasteiger partial charge < -0.3 is 25.0 Å². The van der Waals surface area contributed by atoms with Gasteiger partial charge in [0, 0.05) is 55.0 Å². The molecule has 3 N–H and O–H groups in total. The SMILES string of the molecule is CCc1c[nH]c2cc(O)c(-c3nnc(O)n3-c3ccc(N4CCN(C)CC4)cc3)cc12. The van der Waals surface area contributed by atoms with Crippen molar-refractivity contribution in [2.75, 3.05) is 38.1 Å². The minimum absolute atomic E-state index is 0.0831. The molecule has 1 aliphatic rings. The Kier molecular flexibility index (Phi) is 4.78. The van der Waals surface area contributed by atoms with Gasteiger partial charge in [0.2, 0.25) is 0 Å². The number of fused-ring (bicyclic) bond motifs is 1. The van der Waals surface area contributed by atoms with E-state index in [1.165, 1.54) is 0 Å². The summed E-state index contributed by atoms with van der Waals surface area (Å²) in [6, 6.07) is 11.4. The van der Waals surface area contributed by atoms with Crippen LogP contribution in [0.15, 0.2) is 42.6 Å². The van der Waals surface area contributed by atoms with Crippen molar-refractivity contribution in [2.24, 2.45) is 0 Å². The highest BCUT2D eigenvalue weighted by Gasteiger charge is 2.20. The number of nitrogens with one attached hydrogen (secondary N) is 1. The van der Waals surface area contributed by atoms with Crippen molar-refractivity contribution in [1.29, 1.82) is 0 Å². The number of phenolic OH excluding ortho intramolecular Hbond substituents is 1. The van der Waals surface area contributed by atoms with Crippen molar-refractivity contribution in [2.45, 2.75) is 13.3 Å². The Morgan fingerprint density at radius 2 is 1.68 bits per heavy atom. The Morgan fingerprint density at radius 1 is 0.968 bits per heavy atom. The van der Waals surface area contributed by atoms with Crippen molar-refractivity contribution in [1.82, 2.24) is 24.6 Å². The van der Waals surface area contributed by atoms with Crippen LogP contribution in [0.5, 0.6) is 11.8 Å². The predicted octanol–water partition coefficient (Wildman–Crippen LogP) is 3.14. The largest absolute Gasteiger partial charge is 0.507 e. The summed E-state index contributed by atoms with van der Waals surface area (Å²) in [5, 5.41) is 30.2. The molecule has 0 aliphatic carbocycles. The average Bonchev–Trinajstić information content (AvgIpc) is 3.36. The molecule has 0 unspecified atom stereocenters. The fraction of sp³-hybridized carbons (Fsp3) is 0.304. The lowest BCUT2D eigenvalue weighted by molar-refractivity contribution is 0.313. The lowest BCUT2D eigenvalue weighted by Gasteiger charge is -2.34. The highest BCUT2D eigenvalue weighted by Crippen LogP contribution is 2.36. The molecule has 8 heteroatoms. The molecule has 0 spiro atoms. The first-order valence-electron chi connectivity index (χ1n) is 10.6. The second-order valence-corrected chi connectivity index (χ2v) is 8.05. The van der Waals surface area contributed by atoms with Gasteiger partial charge in [-0.1, -0.05) is 12.0 Å². The van der Waals surface area contributed by atoms with Crippen LogP contribution in [0, 0.1) is 0 Å². The highest BCUT2D eigenvalue weighted by atomic mass is 16.3. The molecule has 4 aromatic rings. The molecule has 0 saturated carbocycles. The summed E-state index contributed by atoms with van der Waals surface area (Å²) in [7, 11) is 2.14. The first-order chi connectivity index (χ1) is 15.0. The Morgan fingerprint density at radius 3 is 2.39 bits per heavy atom. The lowest BCUT2D eigenvalue weighted by atomic mass is 10.1. The van der Waals surface area contributed by atoms with E-state index in [0.29, 0.717) is 11.4 Å². The minimum Gasteiger partial charge on any atom is -0.507 e. The molecule has 160 valence electrons. The van der Waals surface area contributed by atoms with Gasteiger partial charge in [-0.15, -0.1) is 5.10 Å². The fourth-order valence-corrected chi connectivity index (χ4v) is 4.25. The average molecular weight is 419 g/mol. The zero-order valence-corrected chi connectivity index (χ0v) is 17.7. The summed E-state index contributed by atoms with van der Waals surface area (Å²) < 4.78 is 1.56. The van der Waals surface area contributed by atoms with E-state index in [4.69, 9.17) is 0 Å². The summed E-state index contributed by atoms with van der Waals surface area (Å²) in [5.41, 5.74) is 4.43. The van der Waals surface area contributed by atoms with Crippen LogP contribution < -0.4 is 4.90 Å². The smallest absolute Gasteiger partial charge is 0.319 e. The van der Waals surface area contributed by atoms with E-state index < -0.39 is 0 Å². The lowest BCUT2D eigenvalue weighted by Crippen LogP contribution is -2.44. The van der Waals surface area contributed by atoms with Gasteiger partial charge in [-0.3, -0.25) is 0 Å². The molecule has 1 aliphatic heterocycles. The third-order valence-electron chi connectivity index (χ3n) is 6.13. The summed E-state index contributed by atoms with van der Waals surface area (Å²) in [5.74, 6) is 0.479. The third-order valence-corrected chi connectivity index (χ3v) is 6.13. The molecular formula is C23H26N6O2. The number of aromatic hydroxyl groups is 2. The Balaban J connectivity index is 1.53. The van der Waals surface area contributed by atoms with Gasteiger partial charge in [-0.2, -0.15) is 0 Å². The van der Waals surface area contributed by atoms with Crippen LogP contribution in [0.25, 0.3) is 28.0 Å². The number of aryl methyl sites for hydroxylation is 1. The molecule has 3 heterocycles. The van der Waals surface area contributed by atoms with Gasteiger partial charge in [0.25, 0.3) is 0 Å². The topological polar surface area (TPSA) is 93.4 Å². The number of piperazine rings is 1. The molecule has 31 heavy (non-hydrogen) atoms. The zero-order chi connectivity index (χ0) is 21.5. The van der Waals surface area contributed by atoms with Crippen molar-refractivity contribution in [3.8, 4) is 28.8 Å². The molecule has 8 nitrogen and oxygen atoms in total. The summed E-state index contributed by atoms with van der Waals surface area (Å²) in [6.07, 6.45) is 2.82. The minimum atomic E-state index is -0.216. The van der Waals surface area contributed by atoms with Crippen LogP contribution in [-0.2, 0) is 6.42 Å². The van der Waals surface area contributed by atoms with Crippen molar-refractivity contribution in [3.05, 3.63) is 48.2 Å². The maximum absolute atomic E-state index is 10.7. The number of rotatable bonds is 4. The van der Waals surface area contributed by atoms with Crippen molar-refractivity contribution in [3.63, 3.8) is 0 Å². The number of phenols is 1. The molecule has 0 amide bonds. The van der Waals surface area contributed by atoms with E-state index in [9.17, 15) is 10.2 Å². The first-order valence-corrected chi connectivity index (χ1v) is 10.6. The molecule has 0 atom stereocenters. The standard InChI is InChI=1S/C23H26N6O2/c1-3-15-14-24-20-13-21(30)19(12-18(15)20)22-25-26-23(31)29(22)17-6-4-16(5-7-17)28-10-8-27(2)9-11-28/h4-7,12-14,24,30H,3,8-11H2,1-2H3,(H,26,31). The monoisotopic (exact) mass is 418 g/mol. The Bertz CT molecular complexity index is 1220. The number of anilines is 1. The quantitative estimate of drug-likeness (QED) is 0.471. The number of nitrogens with zero attached hydrogens (tertiary/aromatic N) is 5. The normalized spacial score (nSPS) is 15.1. The number of hydrogen-bond acceptors (Lipinski definition) is 6. The van der Waals surface area contributed by atoms with Crippen LogP contribution in [-0.4, -0.2) is 68.1 Å². The van der Waals surface area contributed by atoms with Gasteiger partial charge in [0.05, 0.1) is 11.3 Å². The molecule has 2 aromatic heterocycles. The number of likely N-dealkylation sites (N-methyl/N-ethyl adjacent to an activating group) is 1. The van der Waals surface area contributed by atoms with Crippen molar-refractivity contribution >= 4 is 16.6 Å². The van der Waals surface area contributed by atoms with Crippen LogP contribution in [0.1, 0.15) is 12.5 Å². The number of H-pyrrole nitrogens is 1.